The van der Waals surface area contributed by atoms with Gasteiger partial charge in [-0.1, -0.05) is 6.07 Å². The Kier molecular flexibility index (Phi) is 3.95. The molecule has 2 aromatic rings. The molecular weight excluding hydrogens is 270 g/mol. The Balaban J connectivity index is 1.40. The van der Waals surface area contributed by atoms with Gasteiger partial charge in [-0.2, -0.15) is 0 Å². The smallest absolute Gasteiger partial charge is 0.260 e. The Morgan fingerprint density at radius 2 is 2.14 bits per heavy atom. The minimum absolute atomic E-state index is 0.00208. The van der Waals surface area contributed by atoms with Gasteiger partial charge in [-0.3, -0.25) is 9.78 Å². The first kappa shape index (κ1) is 13.4. The fraction of sp³-hybridized carbons (Fsp3) is 0.267. The van der Waals surface area contributed by atoms with Crippen molar-refractivity contribution in [1.29, 1.82) is 0 Å². The van der Waals surface area contributed by atoms with E-state index in [-0.39, 0.29) is 18.6 Å². The van der Waals surface area contributed by atoms with Crippen molar-refractivity contribution in [3.05, 3.63) is 48.9 Å². The van der Waals surface area contributed by atoms with Crippen molar-refractivity contribution in [2.24, 2.45) is 0 Å². The molecule has 1 saturated heterocycles. The summed E-state index contributed by atoms with van der Waals surface area (Å²) in [6.07, 6.45) is 4.92. The molecule has 3 heterocycles. The molecule has 2 aromatic heterocycles. The molecule has 1 aliphatic heterocycles. The van der Waals surface area contributed by atoms with Gasteiger partial charge in [-0.15, -0.1) is 0 Å². The van der Waals surface area contributed by atoms with E-state index in [9.17, 15) is 4.79 Å². The highest BCUT2D eigenvalue weighted by Gasteiger charge is 2.32. The van der Waals surface area contributed by atoms with Crippen LogP contribution in [0.25, 0.3) is 0 Å². The topological polar surface area (TPSA) is 64.5 Å². The molecule has 0 bridgehead atoms. The molecule has 21 heavy (non-hydrogen) atoms. The predicted molar refractivity (Wildman–Crippen MR) is 75.0 cm³/mol. The van der Waals surface area contributed by atoms with Crippen LogP contribution in [0.2, 0.25) is 0 Å². The molecule has 3 rings (SSSR count). The minimum atomic E-state index is -0.0558. The molecule has 0 aliphatic carbocycles. The van der Waals surface area contributed by atoms with Gasteiger partial charge < -0.3 is 14.4 Å². The number of hydrogen-bond acceptors (Lipinski definition) is 5. The highest BCUT2D eigenvalue weighted by molar-refractivity contribution is 5.78. The maximum atomic E-state index is 11.9. The first-order valence-electron chi connectivity index (χ1n) is 6.69. The average Bonchev–Trinajstić information content (AvgIpc) is 2.50. The number of aromatic nitrogens is 2. The van der Waals surface area contributed by atoms with Gasteiger partial charge in [0.1, 0.15) is 11.9 Å². The van der Waals surface area contributed by atoms with E-state index in [1.54, 1.807) is 41.7 Å². The van der Waals surface area contributed by atoms with Crippen LogP contribution in [-0.4, -0.2) is 46.6 Å². The van der Waals surface area contributed by atoms with Gasteiger partial charge in [0.25, 0.3) is 5.91 Å². The minimum Gasteiger partial charge on any atom is -0.482 e. The maximum absolute atomic E-state index is 11.9. The van der Waals surface area contributed by atoms with Gasteiger partial charge in [-0.25, -0.2) is 4.98 Å². The summed E-state index contributed by atoms with van der Waals surface area (Å²) >= 11 is 0. The van der Waals surface area contributed by atoms with Crippen molar-refractivity contribution in [1.82, 2.24) is 14.9 Å². The lowest BCUT2D eigenvalue weighted by Gasteiger charge is -2.38. The molecule has 1 aliphatic rings. The van der Waals surface area contributed by atoms with Crippen molar-refractivity contribution < 1.29 is 14.3 Å². The monoisotopic (exact) mass is 285 g/mol. The second kappa shape index (κ2) is 6.21. The van der Waals surface area contributed by atoms with E-state index in [2.05, 4.69) is 9.97 Å². The Morgan fingerprint density at radius 3 is 2.86 bits per heavy atom. The van der Waals surface area contributed by atoms with Crippen LogP contribution in [0, 0.1) is 0 Å². The predicted octanol–water partition coefficient (Wildman–Crippen LogP) is 1.15. The van der Waals surface area contributed by atoms with Gasteiger partial charge in [0.05, 0.1) is 19.3 Å². The number of carbonyl (C=O) groups excluding carboxylic acids is 1. The second-order valence-electron chi connectivity index (χ2n) is 4.68. The summed E-state index contributed by atoms with van der Waals surface area (Å²) in [5.41, 5.74) is 0. The van der Waals surface area contributed by atoms with Gasteiger partial charge in [0.2, 0.25) is 5.88 Å². The third kappa shape index (κ3) is 3.47. The molecule has 1 fully saturated rings. The molecule has 0 N–H and O–H groups in total. The summed E-state index contributed by atoms with van der Waals surface area (Å²) in [5.74, 6) is 1.12. The van der Waals surface area contributed by atoms with Gasteiger partial charge in [0, 0.05) is 18.5 Å². The van der Waals surface area contributed by atoms with Crippen molar-refractivity contribution in [2.75, 3.05) is 19.7 Å². The first-order valence-corrected chi connectivity index (χ1v) is 6.69. The Labute approximate surface area is 122 Å². The molecule has 0 saturated carbocycles. The third-order valence-corrected chi connectivity index (χ3v) is 3.12. The summed E-state index contributed by atoms with van der Waals surface area (Å²) in [7, 11) is 0. The van der Waals surface area contributed by atoms with E-state index in [0.717, 1.165) is 0 Å². The maximum Gasteiger partial charge on any atom is 0.260 e. The highest BCUT2D eigenvalue weighted by Crippen LogP contribution is 2.16. The van der Waals surface area contributed by atoms with Gasteiger partial charge in [0.15, 0.2) is 6.61 Å². The Hall–Kier alpha value is -2.63. The Morgan fingerprint density at radius 1 is 1.24 bits per heavy atom. The van der Waals surface area contributed by atoms with Crippen molar-refractivity contribution in [3.63, 3.8) is 0 Å². The molecule has 0 atom stereocenters. The van der Waals surface area contributed by atoms with Crippen LogP contribution in [0.5, 0.6) is 11.6 Å². The first-order chi connectivity index (χ1) is 10.3. The summed E-state index contributed by atoms with van der Waals surface area (Å²) in [6.45, 7) is 1.14. The molecule has 0 radical (unpaired) electrons. The van der Waals surface area contributed by atoms with E-state index in [4.69, 9.17) is 9.47 Å². The van der Waals surface area contributed by atoms with Crippen LogP contribution in [0.4, 0.5) is 0 Å². The van der Waals surface area contributed by atoms with Gasteiger partial charge >= 0.3 is 0 Å². The largest absolute Gasteiger partial charge is 0.482 e. The van der Waals surface area contributed by atoms with Crippen LogP contribution in [-0.2, 0) is 4.79 Å². The lowest BCUT2D eigenvalue weighted by molar-refractivity contribution is -0.142. The van der Waals surface area contributed by atoms with Crippen molar-refractivity contribution >= 4 is 5.91 Å². The fourth-order valence-corrected chi connectivity index (χ4v) is 1.97. The quantitative estimate of drug-likeness (QED) is 0.824. The summed E-state index contributed by atoms with van der Waals surface area (Å²) in [6, 6.07) is 9.03. The number of likely N-dealkylation sites (tertiary alicyclic amines) is 1. The number of pyridine rings is 2. The lowest BCUT2D eigenvalue weighted by Crippen LogP contribution is -2.57. The van der Waals surface area contributed by atoms with E-state index in [1.165, 1.54) is 0 Å². The second-order valence-corrected chi connectivity index (χ2v) is 4.68. The van der Waals surface area contributed by atoms with Crippen molar-refractivity contribution in [2.45, 2.75) is 6.10 Å². The fourth-order valence-electron chi connectivity index (χ4n) is 1.97. The molecule has 6 nitrogen and oxygen atoms in total. The number of hydrogen-bond donors (Lipinski definition) is 0. The highest BCUT2D eigenvalue weighted by atomic mass is 16.5. The molecule has 0 aromatic carbocycles. The zero-order chi connectivity index (χ0) is 14.5. The standard InChI is InChI=1S/C15H15N3O3/c19-15(11-20-12-4-3-6-16-8-12)18-9-13(10-18)21-14-5-1-2-7-17-14/h1-8,13H,9-11H2. The summed E-state index contributed by atoms with van der Waals surface area (Å²) in [4.78, 5) is 21.6. The SMILES string of the molecule is O=C(COc1cccnc1)N1CC(Oc2ccccn2)C1. The van der Waals surface area contributed by atoms with E-state index >= 15 is 0 Å². The van der Waals surface area contributed by atoms with Crippen LogP contribution in [0.15, 0.2) is 48.9 Å². The van der Waals surface area contributed by atoms with Crippen LogP contribution in [0.1, 0.15) is 0 Å². The number of amides is 1. The molecule has 6 heteroatoms. The van der Waals surface area contributed by atoms with E-state index < -0.39 is 0 Å². The average molecular weight is 285 g/mol. The summed E-state index contributed by atoms with van der Waals surface area (Å²) < 4.78 is 11.0. The normalized spacial score (nSPS) is 14.4. The molecular formula is C15H15N3O3. The van der Waals surface area contributed by atoms with E-state index in [0.29, 0.717) is 24.7 Å². The summed E-state index contributed by atoms with van der Waals surface area (Å²) in [5, 5.41) is 0. The van der Waals surface area contributed by atoms with E-state index in [1.807, 2.05) is 12.1 Å². The lowest BCUT2D eigenvalue weighted by atomic mass is 10.1. The molecule has 0 spiro atoms. The number of ether oxygens (including phenoxy) is 2. The molecule has 1 amide bonds. The number of carbonyl (C=O) groups is 1. The zero-order valence-electron chi connectivity index (χ0n) is 11.4. The third-order valence-electron chi connectivity index (χ3n) is 3.12. The number of nitrogens with zero attached hydrogens (tertiary/aromatic N) is 3. The van der Waals surface area contributed by atoms with Crippen LogP contribution >= 0.6 is 0 Å². The van der Waals surface area contributed by atoms with Crippen LogP contribution in [0.3, 0.4) is 0 Å². The van der Waals surface area contributed by atoms with Crippen molar-refractivity contribution in [3.8, 4) is 11.6 Å². The zero-order valence-corrected chi connectivity index (χ0v) is 11.4. The number of rotatable bonds is 5. The van der Waals surface area contributed by atoms with Gasteiger partial charge in [-0.05, 0) is 18.2 Å². The molecule has 108 valence electrons. The molecule has 0 unspecified atom stereocenters. The Bertz CT molecular complexity index is 586. The van der Waals surface area contributed by atoms with Crippen LogP contribution < -0.4 is 9.47 Å².